The van der Waals surface area contributed by atoms with E-state index in [1.54, 1.807) is 18.0 Å². The molecule has 0 spiro atoms. The Morgan fingerprint density at radius 3 is 2.35 bits per heavy atom. The Kier molecular flexibility index (Phi) is 5.73. The number of methoxy groups -OCH3 is 1. The number of pyridine rings is 1. The average Bonchev–Trinajstić information content (AvgIpc) is 3.42. The van der Waals surface area contributed by atoms with Gasteiger partial charge in [0.25, 0.3) is 0 Å². The zero-order chi connectivity index (χ0) is 25.4. The number of hydrogen-bond acceptors (Lipinski definition) is 6. The van der Waals surface area contributed by atoms with E-state index in [1.807, 2.05) is 91.9 Å². The molecule has 1 unspecified atom stereocenters. The molecule has 4 aromatic carbocycles. The van der Waals surface area contributed by atoms with Crippen LogP contribution in [0, 0.1) is 0 Å². The molecule has 182 valence electrons. The number of para-hydroxylation sites is 2. The van der Waals surface area contributed by atoms with Crippen molar-refractivity contribution in [3.63, 3.8) is 0 Å². The summed E-state index contributed by atoms with van der Waals surface area (Å²) in [6.45, 7) is 1.88. The summed E-state index contributed by atoms with van der Waals surface area (Å²) in [5, 5.41) is 12.6. The van der Waals surface area contributed by atoms with E-state index in [2.05, 4.69) is 10.3 Å². The number of aromatic nitrogens is 4. The van der Waals surface area contributed by atoms with Crippen molar-refractivity contribution in [1.82, 2.24) is 20.0 Å². The molecule has 2 aromatic heterocycles. The molecule has 6 aromatic rings. The number of hydrogen-bond donors (Lipinski definition) is 0. The lowest BCUT2D eigenvalue weighted by molar-refractivity contribution is -0.146. The highest BCUT2D eigenvalue weighted by Crippen LogP contribution is 2.30. The van der Waals surface area contributed by atoms with Crippen LogP contribution in [0.5, 0.6) is 5.75 Å². The Hall–Kier alpha value is -4.78. The quantitative estimate of drug-likeness (QED) is 0.212. The highest BCUT2D eigenvalue weighted by Gasteiger charge is 2.19. The number of carbonyl (C=O) groups excluding carboxylic acids is 1. The SMILES string of the molecule is COc1cccc2cc(C(C)C(=O)OCc3cn(-c4c5ccccc5nc5ccccc45)nn3)ccc12. The molecule has 6 rings (SSSR count). The van der Waals surface area contributed by atoms with Crippen LogP contribution in [0.3, 0.4) is 0 Å². The van der Waals surface area contributed by atoms with Crippen LogP contribution in [-0.4, -0.2) is 33.1 Å². The topological polar surface area (TPSA) is 79.1 Å². The average molecular weight is 489 g/mol. The second-order valence-corrected chi connectivity index (χ2v) is 8.92. The van der Waals surface area contributed by atoms with Crippen LogP contribution >= 0.6 is 0 Å². The Labute approximate surface area is 213 Å². The summed E-state index contributed by atoms with van der Waals surface area (Å²) in [7, 11) is 1.65. The molecule has 7 nitrogen and oxygen atoms in total. The van der Waals surface area contributed by atoms with E-state index >= 15 is 0 Å². The molecule has 0 saturated carbocycles. The fraction of sp³-hybridized carbons (Fsp3) is 0.133. The number of rotatable bonds is 6. The first-order valence-electron chi connectivity index (χ1n) is 12.0. The molecule has 2 heterocycles. The van der Waals surface area contributed by atoms with E-state index in [9.17, 15) is 4.79 Å². The molecule has 0 amide bonds. The molecule has 0 bridgehead atoms. The Morgan fingerprint density at radius 2 is 1.62 bits per heavy atom. The first kappa shape index (κ1) is 22.7. The van der Waals surface area contributed by atoms with Gasteiger partial charge in [-0.1, -0.05) is 71.9 Å². The third-order valence-corrected chi connectivity index (χ3v) is 6.63. The predicted octanol–water partition coefficient (Wildman–Crippen LogP) is 5.98. The van der Waals surface area contributed by atoms with Gasteiger partial charge in [0.2, 0.25) is 0 Å². The molecular formula is C30H24N4O3. The summed E-state index contributed by atoms with van der Waals surface area (Å²) in [6.07, 6.45) is 1.80. The molecule has 0 N–H and O–H groups in total. The van der Waals surface area contributed by atoms with Crippen LogP contribution in [0.15, 0.2) is 91.1 Å². The van der Waals surface area contributed by atoms with Crippen molar-refractivity contribution in [3.05, 3.63) is 102 Å². The maximum Gasteiger partial charge on any atom is 0.313 e. The minimum Gasteiger partial charge on any atom is -0.496 e. The first-order valence-corrected chi connectivity index (χ1v) is 12.0. The van der Waals surface area contributed by atoms with E-state index in [1.165, 1.54) is 0 Å². The largest absolute Gasteiger partial charge is 0.496 e. The third kappa shape index (κ3) is 4.14. The summed E-state index contributed by atoms with van der Waals surface area (Å²) < 4.78 is 12.8. The summed E-state index contributed by atoms with van der Waals surface area (Å²) >= 11 is 0. The van der Waals surface area contributed by atoms with Crippen molar-refractivity contribution < 1.29 is 14.3 Å². The van der Waals surface area contributed by atoms with Crippen LogP contribution < -0.4 is 4.74 Å². The van der Waals surface area contributed by atoms with Crippen LogP contribution in [0.1, 0.15) is 24.1 Å². The normalized spacial score (nSPS) is 12.2. The van der Waals surface area contributed by atoms with Gasteiger partial charge in [-0.25, -0.2) is 9.67 Å². The van der Waals surface area contributed by atoms with Crippen LogP contribution in [0.2, 0.25) is 0 Å². The van der Waals surface area contributed by atoms with Gasteiger partial charge >= 0.3 is 5.97 Å². The van der Waals surface area contributed by atoms with Gasteiger partial charge < -0.3 is 9.47 Å². The lowest BCUT2D eigenvalue weighted by Gasteiger charge is -2.13. The van der Waals surface area contributed by atoms with Gasteiger partial charge in [-0.3, -0.25) is 4.79 Å². The Bertz CT molecular complexity index is 1720. The molecule has 0 aliphatic heterocycles. The molecule has 0 aliphatic carbocycles. The van der Waals surface area contributed by atoms with E-state index < -0.39 is 5.92 Å². The van der Waals surface area contributed by atoms with Crippen molar-refractivity contribution >= 4 is 38.5 Å². The van der Waals surface area contributed by atoms with E-state index in [0.29, 0.717) is 5.69 Å². The van der Waals surface area contributed by atoms with Crippen LogP contribution in [0.4, 0.5) is 0 Å². The minimum absolute atomic E-state index is 0.0333. The van der Waals surface area contributed by atoms with Gasteiger partial charge in [0, 0.05) is 16.2 Å². The zero-order valence-corrected chi connectivity index (χ0v) is 20.5. The van der Waals surface area contributed by atoms with E-state index in [-0.39, 0.29) is 12.6 Å². The smallest absolute Gasteiger partial charge is 0.313 e. The fourth-order valence-corrected chi connectivity index (χ4v) is 4.66. The summed E-state index contributed by atoms with van der Waals surface area (Å²) in [4.78, 5) is 17.7. The lowest BCUT2D eigenvalue weighted by Crippen LogP contribution is -2.13. The van der Waals surface area contributed by atoms with Crippen LogP contribution in [-0.2, 0) is 16.1 Å². The number of esters is 1. The minimum atomic E-state index is -0.432. The third-order valence-electron chi connectivity index (χ3n) is 6.63. The van der Waals surface area contributed by atoms with E-state index in [0.717, 1.165) is 49.6 Å². The summed E-state index contributed by atoms with van der Waals surface area (Å²) in [5.41, 5.74) is 4.09. The fourth-order valence-electron chi connectivity index (χ4n) is 4.66. The van der Waals surface area contributed by atoms with Crippen molar-refractivity contribution in [2.45, 2.75) is 19.4 Å². The maximum atomic E-state index is 12.9. The number of ether oxygens (including phenoxy) is 2. The zero-order valence-electron chi connectivity index (χ0n) is 20.5. The highest BCUT2D eigenvalue weighted by molar-refractivity contribution is 6.03. The number of nitrogens with zero attached hydrogens (tertiary/aromatic N) is 4. The first-order chi connectivity index (χ1) is 18.1. The summed E-state index contributed by atoms with van der Waals surface area (Å²) in [6, 6.07) is 27.7. The molecule has 37 heavy (non-hydrogen) atoms. The Morgan fingerprint density at radius 1 is 0.892 bits per heavy atom. The molecule has 0 aliphatic rings. The monoisotopic (exact) mass is 488 g/mol. The van der Waals surface area contributed by atoms with Crippen LogP contribution in [0.25, 0.3) is 38.3 Å². The summed E-state index contributed by atoms with van der Waals surface area (Å²) in [5.74, 6) is 0.0486. The molecule has 0 radical (unpaired) electrons. The molecule has 7 heteroatoms. The molecule has 0 fully saturated rings. The van der Waals surface area contributed by atoms with Crippen molar-refractivity contribution in [2.24, 2.45) is 0 Å². The maximum absolute atomic E-state index is 12.9. The van der Waals surface area contributed by atoms with Gasteiger partial charge in [0.05, 0.1) is 35.9 Å². The number of fused-ring (bicyclic) bond motifs is 3. The highest BCUT2D eigenvalue weighted by atomic mass is 16.5. The van der Waals surface area contributed by atoms with E-state index in [4.69, 9.17) is 14.5 Å². The second kappa shape index (κ2) is 9.35. The Balaban J connectivity index is 1.23. The van der Waals surface area contributed by atoms with Crippen molar-refractivity contribution in [1.29, 1.82) is 0 Å². The van der Waals surface area contributed by atoms with Gasteiger partial charge in [0.15, 0.2) is 0 Å². The standard InChI is InChI=1S/C30H24N4O3/c1-19(20-14-15-23-21(16-20)8-7-13-28(23)36-2)30(35)37-18-22-17-34(33-32-22)29-24-9-3-5-11-26(24)31-27-12-6-4-10-25(27)29/h3-17,19H,18H2,1-2H3. The van der Waals surface area contributed by atoms with Gasteiger partial charge in [-0.05, 0) is 36.1 Å². The second-order valence-electron chi connectivity index (χ2n) is 8.92. The number of carbonyl (C=O) groups is 1. The molecule has 1 atom stereocenters. The van der Waals surface area contributed by atoms with Gasteiger partial charge in [-0.15, -0.1) is 5.10 Å². The van der Waals surface area contributed by atoms with Gasteiger partial charge in [-0.2, -0.15) is 0 Å². The number of benzene rings is 4. The van der Waals surface area contributed by atoms with Crippen molar-refractivity contribution in [2.75, 3.05) is 7.11 Å². The predicted molar refractivity (Wildman–Crippen MR) is 143 cm³/mol. The van der Waals surface area contributed by atoms with Crippen molar-refractivity contribution in [3.8, 4) is 11.4 Å². The molecule has 0 saturated heterocycles. The van der Waals surface area contributed by atoms with Gasteiger partial charge in [0.1, 0.15) is 18.1 Å². The molecular weight excluding hydrogens is 464 g/mol. The lowest BCUT2D eigenvalue weighted by atomic mass is 9.97.